The van der Waals surface area contributed by atoms with Gasteiger partial charge in [-0.2, -0.15) is 0 Å². The number of nitrogens with zero attached hydrogens (tertiary/aromatic N) is 2. The second-order valence-electron chi connectivity index (χ2n) is 8.01. The van der Waals surface area contributed by atoms with E-state index < -0.39 is 0 Å². The van der Waals surface area contributed by atoms with Crippen molar-refractivity contribution in [3.63, 3.8) is 0 Å². The number of piperazine rings is 1. The van der Waals surface area contributed by atoms with Crippen molar-refractivity contribution >= 4 is 17.5 Å². The van der Waals surface area contributed by atoms with Gasteiger partial charge < -0.3 is 10.6 Å². The number of anilines is 1. The third kappa shape index (κ3) is 5.90. The van der Waals surface area contributed by atoms with Crippen LogP contribution in [-0.4, -0.2) is 60.4 Å². The average Bonchev–Trinajstić information content (AvgIpc) is 2.75. The SMILES string of the molecule is Cc1cccc(C)c1NC(=O)CNC(=O)[C@@H](C)N1CCN(Cc2ccccc2)CC1. The van der Waals surface area contributed by atoms with Gasteiger partial charge in [0, 0.05) is 38.4 Å². The lowest BCUT2D eigenvalue weighted by atomic mass is 10.1. The summed E-state index contributed by atoms with van der Waals surface area (Å²) in [6.45, 7) is 10.3. The van der Waals surface area contributed by atoms with E-state index in [-0.39, 0.29) is 24.4 Å². The van der Waals surface area contributed by atoms with Crippen LogP contribution in [0.5, 0.6) is 0 Å². The summed E-state index contributed by atoms with van der Waals surface area (Å²) in [6, 6.07) is 16.1. The molecule has 2 N–H and O–H groups in total. The molecule has 1 aliphatic rings. The van der Waals surface area contributed by atoms with E-state index in [1.165, 1.54) is 5.56 Å². The molecule has 1 fully saturated rings. The van der Waals surface area contributed by atoms with E-state index in [1.807, 2.05) is 45.0 Å². The standard InChI is InChI=1S/C24H32N4O2/c1-18-8-7-9-19(2)23(18)26-22(29)16-25-24(30)20(3)28-14-12-27(13-15-28)17-21-10-5-4-6-11-21/h4-11,20H,12-17H2,1-3H3,(H,25,30)(H,26,29)/t20-/m1/s1. The fourth-order valence-corrected chi connectivity index (χ4v) is 3.83. The smallest absolute Gasteiger partial charge is 0.243 e. The maximum atomic E-state index is 12.6. The third-order valence-electron chi connectivity index (χ3n) is 5.75. The molecule has 160 valence electrons. The van der Waals surface area contributed by atoms with Crippen LogP contribution in [-0.2, 0) is 16.1 Å². The zero-order valence-corrected chi connectivity index (χ0v) is 18.1. The van der Waals surface area contributed by atoms with Gasteiger partial charge in [0.15, 0.2) is 0 Å². The topological polar surface area (TPSA) is 64.7 Å². The number of hydrogen-bond acceptors (Lipinski definition) is 4. The quantitative estimate of drug-likeness (QED) is 0.739. The minimum atomic E-state index is -0.253. The summed E-state index contributed by atoms with van der Waals surface area (Å²) in [5, 5.41) is 5.69. The van der Waals surface area contributed by atoms with Gasteiger partial charge in [-0.15, -0.1) is 0 Å². The van der Waals surface area contributed by atoms with E-state index >= 15 is 0 Å². The molecule has 1 aliphatic heterocycles. The highest BCUT2D eigenvalue weighted by atomic mass is 16.2. The highest BCUT2D eigenvalue weighted by molar-refractivity contribution is 5.96. The summed E-state index contributed by atoms with van der Waals surface area (Å²) in [5.41, 5.74) is 4.15. The average molecular weight is 409 g/mol. The number of carbonyl (C=O) groups is 2. The first kappa shape index (κ1) is 22.0. The second kappa shape index (κ2) is 10.4. The Morgan fingerprint density at radius 3 is 2.20 bits per heavy atom. The van der Waals surface area contributed by atoms with Gasteiger partial charge in [0.1, 0.15) is 0 Å². The van der Waals surface area contributed by atoms with Crippen LogP contribution in [0, 0.1) is 13.8 Å². The molecule has 6 nitrogen and oxygen atoms in total. The Balaban J connectivity index is 1.42. The fraction of sp³-hybridized carbons (Fsp3) is 0.417. The number of hydrogen-bond donors (Lipinski definition) is 2. The molecule has 2 aromatic rings. The zero-order valence-electron chi connectivity index (χ0n) is 18.1. The van der Waals surface area contributed by atoms with Crippen molar-refractivity contribution in [2.24, 2.45) is 0 Å². The molecule has 0 saturated carbocycles. The maximum Gasteiger partial charge on any atom is 0.243 e. The Kier molecular flexibility index (Phi) is 7.60. The summed E-state index contributed by atoms with van der Waals surface area (Å²) >= 11 is 0. The van der Waals surface area contributed by atoms with Gasteiger partial charge >= 0.3 is 0 Å². The lowest BCUT2D eigenvalue weighted by Gasteiger charge is -2.37. The lowest BCUT2D eigenvalue weighted by Crippen LogP contribution is -2.54. The molecule has 0 aromatic heterocycles. The van der Waals surface area contributed by atoms with Crippen molar-refractivity contribution in [2.45, 2.75) is 33.4 Å². The van der Waals surface area contributed by atoms with E-state index in [4.69, 9.17) is 0 Å². The molecule has 1 atom stereocenters. The van der Waals surface area contributed by atoms with Gasteiger partial charge in [-0.3, -0.25) is 19.4 Å². The lowest BCUT2D eigenvalue weighted by molar-refractivity contribution is -0.128. The first-order valence-electron chi connectivity index (χ1n) is 10.6. The van der Waals surface area contributed by atoms with E-state index in [0.29, 0.717) is 0 Å². The summed E-state index contributed by atoms with van der Waals surface area (Å²) in [4.78, 5) is 29.4. The molecule has 0 aliphatic carbocycles. The number of nitrogens with one attached hydrogen (secondary N) is 2. The molecule has 2 aromatic carbocycles. The predicted molar refractivity (Wildman–Crippen MR) is 120 cm³/mol. The first-order valence-corrected chi connectivity index (χ1v) is 10.6. The van der Waals surface area contributed by atoms with Crippen LogP contribution in [0.25, 0.3) is 0 Å². The second-order valence-corrected chi connectivity index (χ2v) is 8.01. The predicted octanol–water partition coefficient (Wildman–Crippen LogP) is 2.56. The van der Waals surface area contributed by atoms with Crippen molar-refractivity contribution in [3.8, 4) is 0 Å². The van der Waals surface area contributed by atoms with Crippen molar-refractivity contribution < 1.29 is 9.59 Å². The molecular weight excluding hydrogens is 376 g/mol. The van der Waals surface area contributed by atoms with Gasteiger partial charge in [0.05, 0.1) is 12.6 Å². The minimum absolute atomic E-state index is 0.0229. The highest BCUT2D eigenvalue weighted by Gasteiger charge is 2.25. The Labute approximate surface area is 179 Å². The molecule has 30 heavy (non-hydrogen) atoms. The molecular formula is C24H32N4O2. The van der Waals surface area contributed by atoms with Gasteiger partial charge in [0.25, 0.3) is 0 Å². The van der Waals surface area contributed by atoms with E-state index in [1.54, 1.807) is 0 Å². The number of amides is 2. The number of carbonyl (C=O) groups excluding carboxylic acids is 2. The van der Waals surface area contributed by atoms with Crippen molar-refractivity contribution in [2.75, 3.05) is 38.0 Å². The van der Waals surface area contributed by atoms with Crippen molar-refractivity contribution in [1.82, 2.24) is 15.1 Å². The highest BCUT2D eigenvalue weighted by Crippen LogP contribution is 2.19. The molecule has 0 unspecified atom stereocenters. The Morgan fingerprint density at radius 2 is 1.57 bits per heavy atom. The van der Waals surface area contributed by atoms with Crippen LogP contribution in [0.1, 0.15) is 23.6 Å². The van der Waals surface area contributed by atoms with Gasteiger partial charge in [-0.05, 0) is 37.5 Å². The summed E-state index contributed by atoms with van der Waals surface area (Å²) < 4.78 is 0. The Hall–Kier alpha value is -2.70. The Bertz CT molecular complexity index is 841. The van der Waals surface area contributed by atoms with Crippen LogP contribution in [0.4, 0.5) is 5.69 Å². The monoisotopic (exact) mass is 408 g/mol. The van der Waals surface area contributed by atoms with Crippen LogP contribution >= 0.6 is 0 Å². The van der Waals surface area contributed by atoms with E-state index in [2.05, 4.69) is 44.7 Å². The molecule has 6 heteroatoms. The molecule has 1 heterocycles. The zero-order chi connectivity index (χ0) is 21.5. The van der Waals surface area contributed by atoms with Gasteiger partial charge in [-0.25, -0.2) is 0 Å². The van der Waals surface area contributed by atoms with Crippen LogP contribution < -0.4 is 10.6 Å². The normalized spacial score (nSPS) is 16.1. The summed E-state index contributed by atoms with van der Waals surface area (Å²) in [6.07, 6.45) is 0. The minimum Gasteiger partial charge on any atom is -0.346 e. The number of aryl methyl sites for hydroxylation is 2. The van der Waals surface area contributed by atoms with Gasteiger partial charge in [-0.1, -0.05) is 48.5 Å². The maximum absolute atomic E-state index is 12.6. The van der Waals surface area contributed by atoms with Gasteiger partial charge in [0.2, 0.25) is 11.8 Å². The largest absolute Gasteiger partial charge is 0.346 e. The summed E-state index contributed by atoms with van der Waals surface area (Å²) in [5.74, 6) is -0.316. The molecule has 1 saturated heterocycles. The van der Waals surface area contributed by atoms with Crippen LogP contribution in [0.15, 0.2) is 48.5 Å². The van der Waals surface area contributed by atoms with E-state index in [9.17, 15) is 9.59 Å². The molecule has 0 spiro atoms. The third-order valence-corrected chi connectivity index (χ3v) is 5.75. The summed E-state index contributed by atoms with van der Waals surface area (Å²) in [7, 11) is 0. The first-order chi connectivity index (χ1) is 14.4. The number of para-hydroxylation sites is 1. The molecule has 3 rings (SSSR count). The van der Waals surface area contributed by atoms with Crippen LogP contribution in [0.2, 0.25) is 0 Å². The molecule has 0 radical (unpaired) electrons. The van der Waals surface area contributed by atoms with Crippen molar-refractivity contribution in [1.29, 1.82) is 0 Å². The molecule has 2 amide bonds. The Morgan fingerprint density at radius 1 is 0.933 bits per heavy atom. The number of benzene rings is 2. The number of rotatable bonds is 7. The fourth-order valence-electron chi connectivity index (χ4n) is 3.83. The van der Waals surface area contributed by atoms with Crippen molar-refractivity contribution in [3.05, 3.63) is 65.2 Å². The molecule has 0 bridgehead atoms. The van der Waals surface area contributed by atoms with Crippen LogP contribution in [0.3, 0.4) is 0 Å². The van der Waals surface area contributed by atoms with E-state index in [0.717, 1.165) is 49.5 Å².